The second kappa shape index (κ2) is 8.79. The van der Waals surface area contributed by atoms with Crippen LogP contribution >= 0.6 is 11.6 Å². The number of nitrogens with zero attached hydrogens (tertiary/aromatic N) is 6. The number of nitrogens with one attached hydrogen (secondary N) is 2. The van der Waals surface area contributed by atoms with Gasteiger partial charge in [0.2, 0.25) is 0 Å². The van der Waals surface area contributed by atoms with Crippen LogP contribution < -0.4 is 10.1 Å². The minimum absolute atomic E-state index is 0.148. The lowest BCUT2D eigenvalue weighted by Gasteiger charge is -2.11. The van der Waals surface area contributed by atoms with E-state index in [1.165, 1.54) is 6.33 Å². The van der Waals surface area contributed by atoms with Crippen molar-refractivity contribution in [2.24, 2.45) is 0 Å². The molecule has 0 spiro atoms. The molecule has 0 aliphatic rings. The third-order valence-corrected chi connectivity index (χ3v) is 5.05. The molecule has 0 unspecified atom stereocenters. The van der Waals surface area contributed by atoms with Crippen LogP contribution in [0.15, 0.2) is 55.1 Å². The molecule has 0 radical (unpaired) electrons. The number of aromatic nitrogens is 7. The molecule has 0 saturated heterocycles. The van der Waals surface area contributed by atoms with Crippen molar-refractivity contribution in [2.45, 2.75) is 6.54 Å². The van der Waals surface area contributed by atoms with Crippen molar-refractivity contribution in [1.29, 1.82) is 0 Å². The predicted molar refractivity (Wildman–Crippen MR) is 117 cm³/mol. The van der Waals surface area contributed by atoms with E-state index < -0.39 is 11.6 Å². The first kappa shape index (κ1) is 20.8. The lowest BCUT2D eigenvalue weighted by molar-refractivity contribution is 0.410. The molecule has 5 rings (SSSR count). The summed E-state index contributed by atoms with van der Waals surface area (Å²) in [6.45, 7) is 0.945. The topological polar surface area (TPSA) is 106 Å². The van der Waals surface area contributed by atoms with Gasteiger partial charge in [-0.3, -0.25) is 9.78 Å². The van der Waals surface area contributed by atoms with Gasteiger partial charge in [0.25, 0.3) is 0 Å². The molecule has 3 aromatic heterocycles. The summed E-state index contributed by atoms with van der Waals surface area (Å²) in [6.07, 6.45) is 3.04. The van der Waals surface area contributed by atoms with Crippen molar-refractivity contribution in [3.05, 3.63) is 71.8 Å². The van der Waals surface area contributed by atoms with E-state index in [2.05, 4.69) is 35.6 Å². The minimum Gasteiger partial charge on any atom is -0.421 e. The van der Waals surface area contributed by atoms with Crippen LogP contribution in [0.5, 0.6) is 11.8 Å². The molecule has 5 aromatic rings. The van der Waals surface area contributed by atoms with E-state index in [9.17, 15) is 8.78 Å². The summed E-state index contributed by atoms with van der Waals surface area (Å²) in [4.78, 5) is 12.6. The first-order chi connectivity index (χ1) is 16.1. The zero-order valence-corrected chi connectivity index (χ0v) is 17.6. The first-order valence-corrected chi connectivity index (χ1v) is 10.2. The van der Waals surface area contributed by atoms with Gasteiger partial charge in [-0.2, -0.15) is 20.2 Å². The highest BCUT2D eigenvalue weighted by Crippen LogP contribution is 2.35. The van der Waals surface area contributed by atoms with E-state index in [0.717, 1.165) is 18.2 Å². The second-order valence-corrected chi connectivity index (χ2v) is 7.30. The monoisotopic (exact) mass is 468 g/mol. The molecule has 0 atom stereocenters. The van der Waals surface area contributed by atoms with Crippen LogP contribution in [-0.2, 0) is 6.54 Å². The van der Waals surface area contributed by atoms with Crippen LogP contribution in [-0.4, -0.2) is 41.5 Å². The van der Waals surface area contributed by atoms with Gasteiger partial charge >= 0.3 is 6.01 Å². The van der Waals surface area contributed by atoms with Gasteiger partial charge in [-0.15, -0.1) is 0 Å². The minimum atomic E-state index is -0.874. The largest absolute Gasteiger partial charge is 0.421 e. The molecule has 2 N–H and O–H groups in total. The second-order valence-electron chi connectivity index (χ2n) is 6.89. The molecule has 2 aromatic carbocycles. The van der Waals surface area contributed by atoms with Crippen LogP contribution in [0.1, 0.15) is 0 Å². The summed E-state index contributed by atoms with van der Waals surface area (Å²) in [7, 11) is 0. The van der Waals surface area contributed by atoms with Gasteiger partial charge < -0.3 is 10.1 Å². The molecule has 166 valence electrons. The molecule has 9 nitrogen and oxygen atoms in total. The number of anilines is 1. The van der Waals surface area contributed by atoms with Crippen molar-refractivity contribution >= 4 is 28.5 Å². The van der Waals surface area contributed by atoms with E-state index in [4.69, 9.17) is 16.3 Å². The van der Waals surface area contributed by atoms with E-state index in [1.54, 1.807) is 17.1 Å². The number of H-pyrrole nitrogens is 1. The van der Waals surface area contributed by atoms with Gasteiger partial charge in [-0.05, 0) is 18.2 Å². The highest BCUT2D eigenvalue weighted by Gasteiger charge is 2.19. The predicted octanol–water partition coefficient (Wildman–Crippen LogP) is 4.45. The third-order valence-electron chi connectivity index (χ3n) is 4.72. The summed E-state index contributed by atoms with van der Waals surface area (Å²) in [5.74, 6) is -1.41. The van der Waals surface area contributed by atoms with Crippen LogP contribution in [0, 0.1) is 11.6 Å². The standard InChI is InChI=1S/C21H15ClF2N8O/c22-14-4-2-1-3-13(14)18-17-19(26-7-8-32-11-25-10-27-32)28-21(29-20(17)31-30-18)33-16-6-5-12(23)9-15(16)24/h1-6,9-11H,7-8H2,(H2,26,28,29,30,31). The Hall–Kier alpha value is -4.12. The Morgan fingerprint density at radius 1 is 1.12 bits per heavy atom. The average Bonchev–Trinajstić information content (AvgIpc) is 3.46. The van der Waals surface area contributed by atoms with Gasteiger partial charge in [-0.25, -0.2) is 13.8 Å². The Kier molecular flexibility index (Phi) is 5.53. The molecular weight excluding hydrogens is 454 g/mol. The fourth-order valence-electron chi connectivity index (χ4n) is 3.23. The van der Waals surface area contributed by atoms with E-state index >= 15 is 0 Å². The number of rotatable bonds is 7. The quantitative estimate of drug-likeness (QED) is 0.363. The smallest absolute Gasteiger partial charge is 0.326 e. The zero-order chi connectivity index (χ0) is 22.8. The summed E-state index contributed by atoms with van der Waals surface area (Å²) in [5.41, 5.74) is 1.57. The highest BCUT2D eigenvalue weighted by molar-refractivity contribution is 6.33. The first-order valence-electron chi connectivity index (χ1n) is 9.78. The fourth-order valence-corrected chi connectivity index (χ4v) is 3.45. The van der Waals surface area contributed by atoms with Crippen LogP contribution in [0.25, 0.3) is 22.3 Å². The molecule has 0 aliphatic carbocycles. The number of benzene rings is 2. The van der Waals surface area contributed by atoms with Gasteiger partial charge in [0.1, 0.15) is 30.0 Å². The Balaban J connectivity index is 1.55. The van der Waals surface area contributed by atoms with Gasteiger partial charge in [0.15, 0.2) is 17.2 Å². The number of fused-ring (bicyclic) bond motifs is 1. The van der Waals surface area contributed by atoms with Crippen molar-refractivity contribution in [1.82, 2.24) is 34.9 Å². The molecule has 33 heavy (non-hydrogen) atoms. The number of hydrogen-bond donors (Lipinski definition) is 2. The van der Waals surface area contributed by atoms with Crippen molar-refractivity contribution in [2.75, 3.05) is 11.9 Å². The van der Waals surface area contributed by atoms with E-state index in [0.29, 0.717) is 46.2 Å². The summed E-state index contributed by atoms with van der Waals surface area (Å²) in [5, 5.41) is 15.6. The van der Waals surface area contributed by atoms with Gasteiger partial charge in [0.05, 0.1) is 17.0 Å². The molecule has 12 heteroatoms. The molecule has 0 saturated carbocycles. The Morgan fingerprint density at radius 3 is 2.79 bits per heavy atom. The van der Waals surface area contributed by atoms with Crippen LogP contribution in [0.2, 0.25) is 5.02 Å². The SMILES string of the molecule is Fc1ccc(Oc2nc(NCCn3cncn3)c3c(-c4ccccc4Cl)n[nH]c3n2)c(F)c1. The molecular formula is C21H15ClF2N8O. The van der Waals surface area contributed by atoms with Crippen LogP contribution in [0.4, 0.5) is 14.6 Å². The molecule has 3 heterocycles. The fraction of sp³-hybridized carbons (Fsp3) is 0.0952. The van der Waals surface area contributed by atoms with Crippen LogP contribution in [0.3, 0.4) is 0 Å². The summed E-state index contributed by atoms with van der Waals surface area (Å²) < 4.78 is 34.5. The van der Waals surface area contributed by atoms with E-state index in [1.807, 2.05) is 18.2 Å². The van der Waals surface area contributed by atoms with Gasteiger partial charge in [-0.1, -0.05) is 29.8 Å². The zero-order valence-electron chi connectivity index (χ0n) is 16.8. The average molecular weight is 469 g/mol. The summed E-state index contributed by atoms with van der Waals surface area (Å²) in [6, 6.07) is 10.1. The lowest BCUT2D eigenvalue weighted by atomic mass is 10.1. The maximum absolute atomic E-state index is 14.1. The number of halogens is 3. The van der Waals surface area contributed by atoms with Gasteiger partial charge in [0, 0.05) is 18.2 Å². The number of ether oxygens (including phenoxy) is 1. The molecule has 0 aliphatic heterocycles. The molecule has 0 amide bonds. The number of hydrogen-bond acceptors (Lipinski definition) is 7. The molecule has 0 bridgehead atoms. The Bertz CT molecular complexity index is 1420. The van der Waals surface area contributed by atoms with Crippen molar-refractivity contribution in [3.63, 3.8) is 0 Å². The Morgan fingerprint density at radius 2 is 2.00 bits per heavy atom. The molecule has 0 fully saturated rings. The summed E-state index contributed by atoms with van der Waals surface area (Å²) >= 11 is 6.38. The highest BCUT2D eigenvalue weighted by atomic mass is 35.5. The van der Waals surface area contributed by atoms with Crippen molar-refractivity contribution < 1.29 is 13.5 Å². The third kappa shape index (κ3) is 4.30. The lowest BCUT2D eigenvalue weighted by Crippen LogP contribution is -2.12. The Labute approximate surface area is 190 Å². The number of aromatic amines is 1. The van der Waals surface area contributed by atoms with Crippen molar-refractivity contribution in [3.8, 4) is 23.0 Å². The normalized spacial score (nSPS) is 11.1. The maximum Gasteiger partial charge on any atom is 0.326 e. The van der Waals surface area contributed by atoms with E-state index in [-0.39, 0.29) is 11.8 Å². The maximum atomic E-state index is 14.1.